The number of ether oxygens (including phenoxy) is 3. The quantitative estimate of drug-likeness (QED) is 0.0261. The van der Waals surface area contributed by atoms with Crippen molar-refractivity contribution in [2.45, 2.75) is 303 Å². The number of rotatable bonds is 54. The number of allylic oxidation sites excluding steroid dienone is 12. The zero-order valence-electron chi connectivity index (χ0n) is 46.3. The van der Waals surface area contributed by atoms with E-state index in [0.717, 1.165) is 116 Å². The fourth-order valence-electron chi connectivity index (χ4n) is 8.37. The first-order chi connectivity index (χ1) is 34.5. The molecule has 0 aliphatic rings. The van der Waals surface area contributed by atoms with Crippen LogP contribution in [-0.2, 0) is 28.6 Å². The van der Waals surface area contributed by atoms with Gasteiger partial charge in [0.2, 0.25) is 0 Å². The zero-order valence-corrected chi connectivity index (χ0v) is 46.3. The molecule has 0 saturated carbocycles. The second-order valence-corrected chi connectivity index (χ2v) is 19.9. The van der Waals surface area contributed by atoms with Crippen molar-refractivity contribution in [3.05, 3.63) is 72.9 Å². The van der Waals surface area contributed by atoms with Crippen LogP contribution in [0.25, 0.3) is 0 Å². The topological polar surface area (TPSA) is 78.9 Å². The van der Waals surface area contributed by atoms with Gasteiger partial charge in [0.25, 0.3) is 0 Å². The maximum atomic E-state index is 12.8. The number of carbonyl (C=O) groups excluding carboxylic acids is 3. The summed E-state index contributed by atoms with van der Waals surface area (Å²) in [5.74, 6) is -0.903. The molecule has 70 heavy (non-hydrogen) atoms. The van der Waals surface area contributed by atoms with Crippen LogP contribution >= 0.6 is 0 Å². The molecule has 0 amide bonds. The fraction of sp³-hybridized carbons (Fsp3) is 0.766. The Morgan fingerprint density at radius 3 is 0.886 bits per heavy atom. The van der Waals surface area contributed by atoms with E-state index < -0.39 is 6.10 Å². The van der Waals surface area contributed by atoms with Crippen molar-refractivity contribution >= 4 is 17.9 Å². The third-order valence-corrected chi connectivity index (χ3v) is 12.9. The first kappa shape index (κ1) is 66.9. The van der Waals surface area contributed by atoms with Crippen LogP contribution in [0.3, 0.4) is 0 Å². The second-order valence-electron chi connectivity index (χ2n) is 19.9. The molecule has 0 radical (unpaired) electrons. The Hall–Kier alpha value is -3.15. The van der Waals surface area contributed by atoms with E-state index >= 15 is 0 Å². The third kappa shape index (κ3) is 55.8. The number of unbranched alkanes of at least 4 members (excludes halogenated alkanes) is 31. The van der Waals surface area contributed by atoms with Gasteiger partial charge in [0, 0.05) is 19.3 Å². The molecular formula is C64H112O6. The molecule has 6 nitrogen and oxygen atoms in total. The van der Waals surface area contributed by atoms with Crippen molar-refractivity contribution in [2.24, 2.45) is 0 Å². The number of carbonyl (C=O) groups is 3. The molecule has 0 aliphatic heterocycles. The summed E-state index contributed by atoms with van der Waals surface area (Å²) in [6.07, 6.45) is 74.9. The van der Waals surface area contributed by atoms with E-state index in [1.165, 1.54) is 141 Å². The SMILES string of the molecule is CCC/C=C\C/C=C\CCCCCCCC(=O)OC(COC(=O)CCCCCCC/C=C\CCC)COC(=O)CCCCCCCCCCCCCCCC/C=C\C/C=C\C/C=C\CCCCCCC. The first-order valence-corrected chi connectivity index (χ1v) is 29.9. The molecule has 0 aromatic rings. The molecule has 0 heterocycles. The van der Waals surface area contributed by atoms with Gasteiger partial charge in [0.05, 0.1) is 0 Å². The Bertz CT molecular complexity index is 1310. The van der Waals surface area contributed by atoms with Crippen LogP contribution in [-0.4, -0.2) is 37.2 Å². The lowest BCUT2D eigenvalue weighted by Gasteiger charge is -2.18. The highest BCUT2D eigenvalue weighted by molar-refractivity contribution is 5.71. The molecule has 0 spiro atoms. The molecule has 1 unspecified atom stereocenters. The van der Waals surface area contributed by atoms with Gasteiger partial charge in [-0.3, -0.25) is 14.4 Å². The van der Waals surface area contributed by atoms with Gasteiger partial charge in [-0.15, -0.1) is 0 Å². The standard InChI is InChI=1S/C64H112O6/c1-4-7-10-13-16-19-22-24-25-26-27-28-29-30-31-32-33-34-35-36-37-38-39-41-42-45-48-51-54-57-63(66)69-60-61(59-68-62(65)56-53-50-47-44-21-18-15-12-9-6-3)70-64(67)58-55-52-49-46-43-40-23-20-17-14-11-8-5-2/h11-12,14-15,20,22-24,26-27,29-30,61H,4-10,13,16-19,21,25,28,31-60H2,1-3H3/b14-11-,15-12-,23-20-,24-22-,27-26-,30-29-. The lowest BCUT2D eigenvalue weighted by molar-refractivity contribution is -0.167. The lowest BCUT2D eigenvalue weighted by atomic mass is 10.0. The summed E-state index contributed by atoms with van der Waals surface area (Å²) in [5.41, 5.74) is 0. The first-order valence-electron chi connectivity index (χ1n) is 29.9. The monoisotopic (exact) mass is 977 g/mol. The highest BCUT2D eigenvalue weighted by Gasteiger charge is 2.19. The smallest absolute Gasteiger partial charge is 0.306 e. The molecule has 6 heteroatoms. The molecule has 0 aliphatic carbocycles. The third-order valence-electron chi connectivity index (χ3n) is 12.9. The van der Waals surface area contributed by atoms with Crippen molar-refractivity contribution < 1.29 is 28.6 Å². The summed E-state index contributed by atoms with van der Waals surface area (Å²) >= 11 is 0. The van der Waals surface area contributed by atoms with E-state index in [1.807, 2.05) is 0 Å². The van der Waals surface area contributed by atoms with Gasteiger partial charge in [-0.2, -0.15) is 0 Å². The van der Waals surface area contributed by atoms with E-state index in [-0.39, 0.29) is 31.1 Å². The van der Waals surface area contributed by atoms with Crippen molar-refractivity contribution in [2.75, 3.05) is 13.2 Å². The minimum absolute atomic E-state index is 0.0830. The highest BCUT2D eigenvalue weighted by Crippen LogP contribution is 2.16. The minimum Gasteiger partial charge on any atom is -0.462 e. The summed E-state index contributed by atoms with van der Waals surface area (Å²) in [6.45, 7) is 6.50. The number of esters is 3. The zero-order chi connectivity index (χ0) is 50.7. The van der Waals surface area contributed by atoms with Crippen LogP contribution in [0, 0.1) is 0 Å². The van der Waals surface area contributed by atoms with E-state index in [2.05, 4.69) is 93.7 Å². The maximum absolute atomic E-state index is 12.8. The predicted molar refractivity (Wildman–Crippen MR) is 302 cm³/mol. The maximum Gasteiger partial charge on any atom is 0.306 e. The average molecular weight is 978 g/mol. The Kier molecular flexibility index (Phi) is 55.8. The van der Waals surface area contributed by atoms with Gasteiger partial charge in [0.1, 0.15) is 13.2 Å². The molecule has 0 bridgehead atoms. The van der Waals surface area contributed by atoms with Gasteiger partial charge < -0.3 is 14.2 Å². The van der Waals surface area contributed by atoms with Crippen molar-refractivity contribution in [3.63, 3.8) is 0 Å². The van der Waals surface area contributed by atoms with E-state index in [9.17, 15) is 14.4 Å². The van der Waals surface area contributed by atoms with Gasteiger partial charge >= 0.3 is 17.9 Å². The Morgan fingerprint density at radius 2 is 0.543 bits per heavy atom. The van der Waals surface area contributed by atoms with Crippen LogP contribution in [0.1, 0.15) is 297 Å². The highest BCUT2D eigenvalue weighted by atomic mass is 16.6. The molecule has 0 fully saturated rings. The van der Waals surface area contributed by atoms with Crippen LogP contribution < -0.4 is 0 Å². The average Bonchev–Trinajstić information content (AvgIpc) is 3.36. The molecule has 0 aromatic heterocycles. The largest absolute Gasteiger partial charge is 0.462 e. The van der Waals surface area contributed by atoms with E-state index in [1.54, 1.807) is 0 Å². The van der Waals surface area contributed by atoms with E-state index in [0.29, 0.717) is 19.3 Å². The summed E-state index contributed by atoms with van der Waals surface area (Å²) in [5, 5.41) is 0. The Morgan fingerprint density at radius 1 is 0.286 bits per heavy atom. The predicted octanol–water partition coefficient (Wildman–Crippen LogP) is 20.2. The van der Waals surface area contributed by atoms with Crippen LogP contribution in [0.15, 0.2) is 72.9 Å². The van der Waals surface area contributed by atoms with Crippen molar-refractivity contribution in [1.29, 1.82) is 0 Å². The summed E-state index contributed by atoms with van der Waals surface area (Å²) in [4.78, 5) is 38.0. The fourth-order valence-corrected chi connectivity index (χ4v) is 8.37. The van der Waals surface area contributed by atoms with Crippen LogP contribution in [0.5, 0.6) is 0 Å². The molecule has 0 saturated heterocycles. The number of hydrogen-bond acceptors (Lipinski definition) is 6. The second kappa shape index (κ2) is 58.4. The van der Waals surface area contributed by atoms with Crippen LogP contribution in [0.4, 0.5) is 0 Å². The van der Waals surface area contributed by atoms with Crippen molar-refractivity contribution in [3.8, 4) is 0 Å². The molecule has 0 rings (SSSR count). The van der Waals surface area contributed by atoms with Crippen molar-refractivity contribution in [1.82, 2.24) is 0 Å². The summed E-state index contributed by atoms with van der Waals surface area (Å²) < 4.78 is 16.8. The molecule has 1 atom stereocenters. The van der Waals surface area contributed by atoms with Crippen LogP contribution in [0.2, 0.25) is 0 Å². The molecule has 404 valence electrons. The number of hydrogen-bond donors (Lipinski definition) is 0. The Labute approximate surface area is 433 Å². The normalized spacial score (nSPS) is 12.6. The van der Waals surface area contributed by atoms with Gasteiger partial charge in [0.15, 0.2) is 6.10 Å². The summed E-state index contributed by atoms with van der Waals surface area (Å²) in [7, 11) is 0. The lowest BCUT2D eigenvalue weighted by Crippen LogP contribution is -2.30. The van der Waals surface area contributed by atoms with E-state index in [4.69, 9.17) is 14.2 Å². The van der Waals surface area contributed by atoms with Gasteiger partial charge in [-0.25, -0.2) is 0 Å². The molecule has 0 N–H and O–H groups in total. The minimum atomic E-state index is -0.785. The Balaban J connectivity index is 4.14. The summed E-state index contributed by atoms with van der Waals surface area (Å²) in [6, 6.07) is 0. The molecular weight excluding hydrogens is 865 g/mol. The van der Waals surface area contributed by atoms with Gasteiger partial charge in [-0.1, -0.05) is 248 Å². The molecule has 0 aromatic carbocycles. The van der Waals surface area contributed by atoms with Gasteiger partial charge in [-0.05, 0) is 103 Å².